The van der Waals surface area contributed by atoms with Crippen LogP contribution in [0.2, 0.25) is 0 Å². The van der Waals surface area contributed by atoms with Crippen molar-refractivity contribution in [1.29, 1.82) is 0 Å². The van der Waals surface area contributed by atoms with Crippen LogP contribution in [0, 0.1) is 12.3 Å². The zero-order valence-corrected chi connectivity index (χ0v) is 10.4. The fourth-order valence-electron chi connectivity index (χ4n) is 1.45. The van der Waals surface area contributed by atoms with Gasteiger partial charge in [0.15, 0.2) is 0 Å². The van der Waals surface area contributed by atoms with E-state index in [-0.39, 0.29) is 18.2 Å². The summed E-state index contributed by atoms with van der Waals surface area (Å²) in [5, 5.41) is 2.64. The maximum atomic E-state index is 12.6. The standard InChI is InChI=1S/C13H11F6N/c1-3-8(2)20-7-9-4-10(12(14,15)16)6-11(5-9)13(17,18)19/h1,4-6,8,20H,7H2,2H3. The first-order valence-corrected chi connectivity index (χ1v) is 5.52. The van der Waals surface area contributed by atoms with Crippen LogP contribution in [0.1, 0.15) is 23.6 Å². The minimum Gasteiger partial charge on any atom is -0.300 e. The minimum absolute atomic E-state index is 0.0914. The molecule has 1 unspecified atom stereocenters. The molecular formula is C13H11F6N. The van der Waals surface area contributed by atoms with E-state index in [1.165, 1.54) is 0 Å². The lowest BCUT2D eigenvalue weighted by Gasteiger charge is -2.15. The molecule has 0 heterocycles. The summed E-state index contributed by atoms with van der Waals surface area (Å²) in [6.45, 7) is 1.39. The number of halogens is 6. The fourth-order valence-corrected chi connectivity index (χ4v) is 1.45. The van der Waals surface area contributed by atoms with Gasteiger partial charge < -0.3 is 0 Å². The predicted octanol–water partition coefficient (Wildman–Crippen LogP) is 3.84. The van der Waals surface area contributed by atoms with Gasteiger partial charge in [0, 0.05) is 6.54 Å². The number of terminal acetylenes is 1. The second-order valence-electron chi connectivity index (χ2n) is 4.18. The zero-order chi connectivity index (χ0) is 15.6. The summed E-state index contributed by atoms with van der Waals surface area (Å²) in [6.07, 6.45) is -4.62. The highest BCUT2D eigenvalue weighted by atomic mass is 19.4. The monoisotopic (exact) mass is 295 g/mol. The molecule has 0 saturated carbocycles. The van der Waals surface area contributed by atoms with E-state index in [0.29, 0.717) is 12.1 Å². The molecule has 20 heavy (non-hydrogen) atoms. The second kappa shape index (κ2) is 5.75. The first-order chi connectivity index (χ1) is 9.04. The maximum absolute atomic E-state index is 12.6. The van der Waals surface area contributed by atoms with E-state index in [1.807, 2.05) is 0 Å². The van der Waals surface area contributed by atoms with E-state index in [4.69, 9.17) is 6.42 Å². The Kier molecular flexibility index (Phi) is 4.71. The third-order valence-electron chi connectivity index (χ3n) is 2.51. The Balaban J connectivity index is 3.15. The number of hydrogen-bond donors (Lipinski definition) is 1. The Labute approximate surface area is 112 Å². The Morgan fingerprint density at radius 1 is 1.05 bits per heavy atom. The van der Waals surface area contributed by atoms with E-state index >= 15 is 0 Å². The van der Waals surface area contributed by atoms with E-state index in [0.717, 1.165) is 0 Å². The summed E-state index contributed by atoms with van der Waals surface area (Å²) in [7, 11) is 0. The maximum Gasteiger partial charge on any atom is 0.416 e. The molecule has 0 bridgehead atoms. The largest absolute Gasteiger partial charge is 0.416 e. The van der Waals surface area contributed by atoms with Gasteiger partial charge in [-0.05, 0) is 30.7 Å². The van der Waals surface area contributed by atoms with Crippen molar-refractivity contribution in [3.8, 4) is 12.3 Å². The van der Waals surface area contributed by atoms with Crippen LogP contribution >= 0.6 is 0 Å². The van der Waals surface area contributed by atoms with Crippen LogP contribution in [-0.4, -0.2) is 6.04 Å². The van der Waals surface area contributed by atoms with Crippen LogP contribution in [0.25, 0.3) is 0 Å². The molecule has 0 aliphatic rings. The number of nitrogens with one attached hydrogen (secondary N) is 1. The fraction of sp³-hybridized carbons (Fsp3) is 0.385. The highest BCUT2D eigenvalue weighted by molar-refractivity contribution is 5.33. The van der Waals surface area contributed by atoms with Gasteiger partial charge in [0.2, 0.25) is 0 Å². The molecule has 0 radical (unpaired) electrons. The van der Waals surface area contributed by atoms with Gasteiger partial charge in [-0.1, -0.05) is 5.92 Å². The molecule has 1 rings (SSSR count). The van der Waals surface area contributed by atoms with Crippen LogP contribution in [0.5, 0.6) is 0 Å². The van der Waals surface area contributed by atoms with Gasteiger partial charge >= 0.3 is 12.4 Å². The highest BCUT2D eigenvalue weighted by Gasteiger charge is 2.36. The van der Waals surface area contributed by atoms with Gasteiger partial charge in [-0.2, -0.15) is 26.3 Å². The summed E-state index contributed by atoms with van der Waals surface area (Å²) in [5.41, 5.74) is -2.80. The molecule has 0 amide bonds. The molecule has 1 aromatic rings. The lowest BCUT2D eigenvalue weighted by molar-refractivity contribution is -0.143. The van der Waals surface area contributed by atoms with Crippen LogP contribution in [-0.2, 0) is 18.9 Å². The quantitative estimate of drug-likeness (QED) is 0.660. The van der Waals surface area contributed by atoms with Gasteiger partial charge in [-0.15, -0.1) is 6.42 Å². The lowest BCUT2D eigenvalue weighted by Crippen LogP contribution is -2.24. The second-order valence-corrected chi connectivity index (χ2v) is 4.18. The molecule has 0 fully saturated rings. The van der Waals surface area contributed by atoms with Crippen LogP contribution in [0.15, 0.2) is 18.2 Å². The normalized spacial score (nSPS) is 13.9. The highest BCUT2D eigenvalue weighted by Crippen LogP contribution is 2.36. The molecule has 0 aromatic heterocycles. The van der Waals surface area contributed by atoms with Crippen molar-refractivity contribution in [3.05, 3.63) is 34.9 Å². The molecule has 7 heteroatoms. The third-order valence-corrected chi connectivity index (χ3v) is 2.51. The van der Waals surface area contributed by atoms with Gasteiger partial charge in [0.25, 0.3) is 0 Å². The molecule has 0 saturated heterocycles. The Morgan fingerprint density at radius 2 is 1.50 bits per heavy atom. The first kappa shape index (κ1) is 16.4. The number of rotatable bonds is 3. The van der Waals surface area contributed by atoms with E-state index in [2.05, 4.69) is 11.2 Å². The average Bonchev–Trinajstić information content (AvgIpc) is 2.33. The predicted molar refractivity (Wildman–Crippen MR) is 61.6 cm³/mol. The SMILES string of the molecule is C#CC(C)NCc1cc(C(F)(F)F)cc(C(F)(F)F)c1. The molecule has 1 atom stereocenters. The van der Waals surface area contributed by atoms with Gasteiger partial charge in [-0.25, -0.2) is 0 Å². The third kappa shape index (κ3) is 4.46. The number of alkyl halides is 6. The molecule has 0 aliphatic heterocycles. The van der Waals surface area contributed by atoms with E-state index in [1.54, 1.807) is 6.92 Å². The molecule has 1 nitrogen and oxygen atoms in total. The van der Waals surface area contributed by atoms with Crippen molar-refractivity contribution in [2.45, 2.75) is 31.9 Å². The van der Waals surface area contributed by atoms with Gasteiger partial charge in [0.1, 0.15) is 0 Å². The van der Waals surface area contributed by atoms with Crippen LogP contribution in [0.4, 0.5) is 26.3 Å². The summed E-state index contributed by atoms with van der Waals surface area (Å²) in [5.74, 6) is 2.27. The van der Waals surface area contributed by atoms with Crippen molar-refractivity contribution in [1.82, 2.24) is 5.32 Å². The van der Waals surface area contributed by atoms with Crippen LogP contribution in [0.3, 0.4) is 0 Å². The van der Waals surface area contributed by atoms with E-state index < -0.39 is 29.5 Å². The summed E-state index contributed by atoms with van der Waals surface area (Å²) < 4.78 is 75.5. The summed E-state index contributed by atoms with van der Waals surface area (Å²) in [6, 6.07) is 0.976. The summed E-state index contributed by atoms with van der Waals surface area (Å²) in [4.78, 5) is 0. The van der Waals surface area contributed by atoms with Crippen molar-refractivity contribution < 1.29 is 26.3 Å². The van der Waals surface area contributed by atoms with Crippen molar-refractivity contribution >= 4 is 0 Å². The molecular weight excluding hydrogens is 284 g/mol. The molecule has 110 valence electrons. The van der Waals surface area contributed by atoms with Crippen molar-refractivity contribution in [3.63, 3.8) is 0 Å². The van der Waals surface area contributed by atoms with Gasteiger partial charge in [-0.3, -0.25) is 5.32 Å². The Hall–Kier alpha value is -1.68. The number of hydrogen-bond acceptors (Lipinski definition) is 1. The first-order valence-electron chi connectivity index (χ1n) is 5.52. The number of benzene rings is 1. The minimum atomic E-state index is -4.84. The van der Waals surface area contributed by atoms with E-state index in [9.17, 15) is 26.3 Å². The summed E-state index contributed by atoms with van der Waals surface area (Å²) >= 11 is 0. The smallest absolute Gasteiger partial charge is 0.300 e. The van der Waals surface area contributed by atoms with Crippen molar-refractivity contribution in [2.24, 2.45) is 0 Å². The topological polar surface area (TPSA) is 12.0 Å². The molecule has 1 aromatic carbocycles. The Morgan fingerprint density at radius 3 is 1.85 bits per heavy atom. The van der Waals surface area contributed by atoms with Gasteiger partial charge in [0.05, 0.1) is 17.2 Å². The zero-order valence-electron chi connectivity index (χ0n) is 10.4. The van der Waals surface area contributed by atoms with Crippen molar-refractivity contribution in [2.75, 3.05) is 0 Å². The molecule has 1 N–H and O–H groups in total. The molecule has 0 spiro atoms. The van der Waals surface area contributed by atoms with Crippen LogP contribution < -0.4 is 5.32 Å². The molecule has 0 aliphatic carbocycles. The average molecular weight is 295 g/mol. The lowest BCUT2D eigenvalue weighted by atomic mass is 10.0. The Bertz CT molecular complexity index is 477.